The van der Waals surface area contributed by atoms with Crippen LogP contribution in [0.15, 0.2) is 12.4 Å². The van der Waals surface area contributed by atoms with Gasteiger partial charge in [-0.15, -0.1) is 0 Å². The Morgan fingerprint density at radius 2 is 2.32 bits per heavy atom. The second-order valence-corrected chi connectivity index (χ2v) is 7.38. The number of piperidine rings is 1. The molecule has 1 aliphatic rings. The van der Waals surface area contributed by atoms with Crippen molar-refractivity contribution in [1.82, 2.24) is 14.7 Å². The number of aliphatic hydroxyl groups is 1. The largest absolute Gasteiger partial charge is 0.390 e. The molecule has 0 spiro atoms. The number of rotatable bonds is 5. The van der Waals surface area contributed by atoms with Gasteiger partial charge in [-0.2, -0.15) is 5.10 Å². The van der Waals surface area contributed by atoms with E-state index in [1.165, 1.54) is 0 Å². The molecule has 2 rings (SSSR count). The molecule has 1 aromatic rings. The number of carbonyl (C=O) groups excluding carboxylic acids is 1. The maximum Gasteiger partial charge on any atom is 0.224 e. The summed E-state index contributed by atoms with van der Waals surface area (Å²) in [5.41, 5.74) is -0.670. The van der Waals surface area contributed by atoms with E-state index in [2.05, 4.69) is 18.9 Å². The van der Waals surface area contributed by atoms with Crippen LogP contribution in [0, 0.1) is 11.8 Å². The Labute approximate surface area is 137 Å². The Balaban J connectivity index is 1.90. The third-order valence-corrected chi connectivity index (χ3v) is 4.67. The molecule has 0 radical (unpaired) electrons. The van der Waals surface area contributed by atoms with E-state index in [9.17, 15) is 9.90 Å². The van der Waals surface area contributed by atoms with Gasteiger partial charge in [0.25, 0.3) is 0 Å². The first-order valence-electron chi connectivity index (χ1n) is 7.96. The molecule has 0 aromatic carbocycles. The fraction of sp³-hybridized carbons (Fsp3) is 0.750. The first-order valence-corrected chi connectivity index (χ1v) is 8.34. The lowest BCUT2D eigenvalue weighted by Gasteiger charge is -2.43. The number of hydrogen-bond donors (Lipinski definition) is 1. The van der Waals surface area contributed by atoms with Crippen molar-refractivity contribution in [1.29, 1.82) is 0 Å². The van der Waals surface area contributed by atoms with Gasteiger partial charge in [0.05, 0.1) is 16.8 Å². The van der Waals surface area contributed by atoms with E-state index in [-0.39, 0.29) is 11.8 Å². The number of aryl methyl sites for hydroxylation is 1. The van der Waals surface area contributed by atoms with Gasteiger partial charge >= 0.3 is 0 Å². The van der Waals surface area contributed by atoms with Crippen LogP contribution < -0.4 is 0 Å². The highest BCUT2D eigenvalue weighted by Crippen LogP contribution is 2.32. The van der Waals surface area contributed by atoms with Crippen LogP contribution in [-0.4, -0.2) is 44.4 Å². The zero-order valence-corrected chi connectivity index (χ0v) is 14.4. The number of halogens is 1. The summed E-state index contributed by atoms with van der Waals surface area (Å²) in [4.78, 5) is 14.3. The van der Waals surface area contributed by atoms with Gasteiger partial charge in [0.15, 0.2) is 0 Å². The molecular weight excluding hydrogens is 302 g/mol. The van der Waals surface area contributed by atoms with Crippen LogP contribution in [0.1, 0.15) is 40.0 Å². The molecule has 2 heterocycles. The topological polar surface area (TPSA) is 58.4 Å². The Hall–Kier alpha value is -1.07. The van der Waals surface area contributed by atoms with E-state index < -0.39 is 5.60 Å². The predicted molar refractivity (Wildman–Crippen MR) is 86.6 cm³/mol. The lowest BCUT2D eigenvalue weighted by Crippen LogP contribution is -2.52. The smallest absolute Gasteiger partial charge is 0.224 e. The normalized spacial score (nSPS) is 25.7. The Kier molecular flexibility index (Phi) is 5.50. The summed E-state index contributed by atoms with van der Waals surface area (Å²) in [5.74, 6) is 0.776. The predicted octanol–water partition coefficient (Wildman–Crippen LogP) is 2.57. The highest BCUT2D eigenvalue weighted by Gasteiger charge is 2.38. The van der Waals surface area contributed by atoms with Crippen molar-refractivity contribution < 1.29 is 9.90 Å². The number of likely N-dealkylation sites (tertiary alicyclic amines) is 1. The van der Waals surface area contributed by atoms with Crippen LogP contribution in [0.25, 0.3) is 0 Å². The monoisotopic (exact) mass is 327 g/mol. The van der Waals surface area contributed by atoms with Crippen molar-refractivity contribution in [2.45, 2.75) is 52.2 Å². The van der Waals surface area contributed by atoms with Crippen molar-refractivity contribution in [3.63, 3.8) is 0 Å². The third kappa shape index (κ3) is 4.46. The number of hydrogen-bond acceptors (Lipinski definition) is 3. The minimum Gasteiger partial charge on any atom is -0.390 e. The maximum absolute atomic E-state index is 12.4. The summed E-state index contributed by atoms with van der Waals surface area (Å²) in [6.45, 7) is 8.00. The summed E-state index contributed by atoms with van der Waals surface area (Å²) in [6.07, 6.45) is 5.28. The number of nitrogens with zero attached hydrogens (tertiary/aromatic N) is 3. The van der Waals surface area contributed by atoms with Crippen LogP contribution >= 0.6 is 11.6 Å². The molecule has 5 nitrogen and oxygen atoms in total. The van der Waals surface area contributed by atoms with E-state index in [1.54, 1.807) is 17.1 Å². The van der Waals surface area contributed by atoms with Gasteiger partial charge in [0, 0.05) is 38.2 Å². The zero-order chi connectivity index (χ0) is 16.3. The minimum atomic E-state index is -0.670. The molecule has 1 aliphatic heterocycles. The van der Waals surface area contributed by atoms with E-state index >= 15 is 0 Å². The quantitative estimate of drug-likeness (QED) is 0.904. The van der Waals surface area contributed by atoms with Gasteiger partial charge in [-0.05, 0) is 25.7 Å². The fourth-order valence-electron chi connectivity index (χ4n) is 3.07. The van der Waals surface area contributed by atoms with Crippen molar-refractivity contribution in [2.75, 3.05) is 13.1 Å². The Morgan fingerprint density at radius 1 is 1.59 bits per heavy atom. The number of amides is 1. The van der Waals surface area contributed by atoms with E-state index in [0.717, 1.165) is 6.42 Å². The molecule has 0 unspecified atom stereocenters. The van der Waals surface area contributed by atoms with Crippen molar-refractivity contribution >= 4 is 17.5 Å². The molecule has 0 bridgehead atoms. The maximum atomic E-state index is 12.4. The molecule has 1 aromatic heterocycles. The van der Waals surface area contributed by atoms with E-state index in [4.69, 9.17) is 11.6 Å². The van der Waals surface area contributed by atoms with Gasteiger partial charge in [-0.3, -0.25) is 9.48 Å². The zero-order valence-electron chi connectivity index (χ0n) is 13.6. The highest BCUT2D eigenvalue weighted by molar-refractivity contribution is 6.30. The van der Waals surface area contributed by atoms with Crippen LogP contribution in [0.5, 0.6) is 0 Å². The van der Waals surface area contributed by atoms with Crippen LogP contribution in [-0.2, 0) is 11.3 Å². The molecule has 22 heavy (non-hydrogen) atoms. The first-order chi connectivity index (χ1) is 10.3. The van der Waals surface area contributed by atoms with Gasteiger partial charge in [-0.1, -0.05) is 25.4 Å². The summed E-state index contributed by atoms with van der Waals surface area (Å²) in [7, 11) is 0. The average Bonchev–Trinajstić information content (AvgIpc) is 2.83. The van der Waals surface area contributed by atoms with E-state index in [1.807, 2.05) is 11.8 Å². The highest BCUT2D eigenvalue weighted by atomic mass is 35.5. The van der Waals surface area contributed by atoms with Crippen LogP contribution in [0.4, 0.5) is 0 Å². The second kappa shape index (κ2) is 7.01. The minimum absolute atomic E-state index is 0.121. The van der Waals surface area contributed by atoms with Gasteiger partial charge in [0.2, 0.25) is 5.91 Å². The summed E-state index contributed by atoms with van der Waals surface area (Å²) < 4.78 is 1.69. The average molecular weight is 328 g/mol. The summed E-state index contributed by atoms with van der Waals surface area (Å²) >= 11 is 5.82. The van der Waals surface area contributed by atoms with Crippen molar-refractivity contribution in [3.8, 4) is 0 Å². The Bertz CT molecular complexity index is 513. The standard InChI is InChI=1S/C16H26ClN3O2/c1-12(2)8-13-10-19(7-5-16(13,3)22)15(21)4-6-20-11-14(17)9-18-20/h9,11-13,22H,4-8,10H2,1-3H3/t13-,16+/m1/s1. The Morgan fingerprint density at radius 3 is 2.91 bits per heavy atom. The summed E-state index contributed by atoms with van der Waals surface area (Å²) in [6, 6.07) is 0. The molecule has 0 saturated carbocycles. The molecule has 1 N–H and O–H groups in total. The van der Waals surface area contributed by atoms with Crippen molar-refractivity contribution in [3.05, 3.63) is 17.4 Å². The van der Waals surface area contributed by atoms with E-state index in [0.29, 0.717) is 43.4 Å². The number of carbonyl (C=O) groups is 1. The van der Waals surface area contributed by atoms with Gasteiger partial charge in [0.1, 0.15) is 0 Å². The molecule has 2 atom stereocenters. The van der Waals surface area contributed by atoms with Gasteiger partial charge in [-0.25, -0.2) is 0 Å². The SMILES string of the molecule is CC(C)C[C@@H]1CN(C(=O)CCn2cc(Cl)cn2)CC[C@]1(C)O. The lowest BCUT2D eigenvalue weighted by molar-refractivity contribution is -0.139. The summed E-state index contributed by atoms with van der Waals surface area (Å²) in [5, 5.41) is 15.2. The fourth-order valence-corrected chi connectivity index (χ4v) is 3.23. The lowest BCUT2D eigenvalue weighted by atomic mass is 9.78. The third-order valence-electron chi connectivity index (χ3n) is 4.47. The molecule has 1 fully saturated rings. The second-order valence-electron chi connectivity index (χ2n) is 6.95. The molecular formula is C16H26ClN3O2. The molecule has 6 heteroatoms. The van der Waals surface area contributed by atoms with Crippen LogP contribution in [0.2, 0.25) is 5.02 Å². The molecule has 1 saturated heterocycles. The molecule has 1 amide bonds. The van der Waals surface area contributed by atoms with Gasteiger partial charge < -0.3 is 10.0 Å². The van der Waals surface area contributed by atoms with Crippen LogP contribution in [0.3, 0.4) is 0 Å². The first kappa shape index (κ1) is 17.3. The molecule has 0 aliphatic carbocycles. The van der Waals surface area contributed by atoms with Crippen molar-refractivity contribution in [2.24, 2.45) is 11.8 Å². The molecule has 124 valence electrons. The number of aromatic nitrogens is 2.